The number of hydrogen-bond acceptors (Lipinski definition) is 3. The molecule has 3 nitrogen and oxygen atoms in total. The van der Waals surface area contributed by atoms with Crippen molar-refractivity contribution in [2.24, 2.45) is 5.92 Å². The van der Waals surface area contributed by atoms with Crippen LogP contribution in [0, 0.1) is 5.92 Å². The maximum absolute atomic E-state index is 10.7. The standard InChI is InChI=1S/C6H11NO2/c1-4(5-3-7-5)6(8)9-2/h4-5,7H,3H2,1-2H3. The summed E-state index contributed by atoms with van der Waals surface area (Å²) in [4.78, 5) is 10.7. The molecule has 2 atom stereocenters. The third-order valence-corrected chi connectivity index (χ3v) is 1.62. The third kappa shape index (κ3) is 1.42. The summed E-state index contributed by atoms with van der Waals surface area (Å²) in [6.07, 6.45) is 0. The van der Waals surface area contributed by atoms with Crippen LogP contribution >= 0.6 is 0 Å². The van der Waals surface area contributed by atoms with Gasteiger partial charge in [-0.25, -0.2) is 0 Å². The average Bonchev–Trinajstić information content (AvgIpc) is 2.66. The van der Waals surface area contributed by atoms with Gasteiger partial charge in [-0.1, -0.05) is 6.92 Å². The van der Waals surface area contributed by atoms with E-state index in [1.54, 1.807) is 0 Å². The smallest absolute Gasteiger partial charge is 0.310 e. The fourth-order valence-corrected chi connectivity index (χ4v) is 0.772. The lowest BCUT2D eigenvalue weighted by molar-refractivity contribution is -0.144. The zero-order chi connectivity index (χ0) is 6.85. The van der Waals surface area contributed by atoms with Crippen molar-refractivity contribution in [1.82, 2.24) is 5.32 Å². The lowest BCUT2D eigenvalue weighted by Gasteiger charge is -2.03. The molecule has 0 aromatic carbocycles. The molecule has 0 bridgehead atoms. The monoisotopic (exact) mass is 129 g/mol. The van der Waals surface area contributed by atoms with Gasteiger partial charge >= 0.3 is 5.97 Å². The highest BCUT2D eigenvalue weighted by Gasteiger charge is 2.32. The molecule has 1 fully saturated rings. The molecule has 0 spiro atoms. The summed E-state index contributed by atoms with van der Waals surface area (Å²) in [7, 11) is 1.42. The number of carbonyl (C=O) groups excluding carboxylic acids is 1. The van der Waals surface area contributed by atoms with Gasteiger partial charge in [0.05, 0.1) is 13.0 Å². The molecule has 1 N–H and O–H groups in total. The van der Waals surface area contributed by atoms with E-state index in [1.807, 2.05) is 6.92 Å². The second kappa shape index (κ2) is 2.35. The normalized spacial score (nSPS) is 27.1. The predicted molar refractivity (Wildman–Crippen MR) is 33.0 cm³/mol. The summed E-state index contributed by atoms with van der Waals surface area (Å²) in [6, 6.07) is 0.373. The van der Waals surface area contributed by atoms with Crippen LogP contribution in [0.3, 0.4) is 0 Å². The van der Waals surface area contributed by atoms with E-state index in [1.165, 1.54) is 7.11 Å². The molecule has 1 heterocycles. The number of methoxy groups -OCH3 is 1. The number of nitrogens with one attached hydrogen (secondary N) is 1. The largest absolute Gasteiger partial charge is 0.469 e. The Bertz CT molecular complexity index is 120. The minimum atomic E-state index is -0.120. The van der Waals surface area contributed by atoms with Crippen LogP contribution in [0.2, 0.25) is 0 Å². The lowest BCUT2D eigenvalue weighted by atomic mass is 10.1. The average molecular weight is 129 g/mol. The summed E-state index contributed by atoms with van der Waals surface area (Å²) >= 11 is 0. The van der Waals surface area contributed by atoms with Gasteiger partial charge < -0.3 is 10.1 Å². The Morgan fingerprint density at radius 3 is 2.78 bits per heavy atom. The van der Waals surface area contributed by atoms with Crippen LogP contribution in [-0.2, 0) is 9.53 Å². The first-order chi connectivity index (χ1) is 4.25. The minimum Gasteiger partial charge on any atom is -0.469 e. The van der Waals surface area contributed by atoms with Gasteiger partial charge in [-0.2, -0.15) is 0 Å². The Morgan fingerprint density at radius 2 is 2.44 bits per heavy atom. The Hall–Kier alpha value is -0.570. The summed E-state index contributed by atoms with van der Waals surface area (Å²) in [5.74, 6) is -0.0972. The lowest BCUT2D eigenvalue weighted by Crippen LogP contribution is -2.19. The molecular formula is C6H11NO2. The van der Waals surface area contributed by atoms with Crippen LogP contribution < -0.4 is 5.32 Å². The van der Waals surface area contributed by atoms with Crippen molar-refractivity contribution in [2.75, 3.05) is 13.7 Å². The Labute approximate surface area is 54.4 Å². The molecule has 1 saturated heterocycles. The Kier molecular flexibility index (Phi) is 1.71. The van der Waals surface area contributed by atoms with Crippen molar-refractivity contribution < 1.29 is 9.53 Å². The van der Waals surface area contributed by atoms with Crippen LogP contribution in [0.15, 0.2) is 0 Å². The van der Waals surface area contributed by atoms with Crippen LogP contribution in [0.25, 0.3) is 0 Å². The molecule has 0 saturated carbocycles. The van der Waals surface area contributed by atoms with Gasteiger partial charge in [0.15, 0.2) is 0 Å². The van der Waals surface area contributed by atoms with Crippen LogP contribution in [0.4, 0.5) is 0 Å². The van der Waals surface area contributed by atoms with E-state index >= 15 is 0 Å². The van der Waals surface area contributed by atoms with Gasteiger partial charge in [0.2, 0.25) is 0 Å². The summed E-state index contributed by atoms with van der Waals surface area (Å²) in [6.45, 7) is 2.83. The van der Waals surface area contributed by atoms with E-state index in [0.29, 0.717) is 6.04 Å². The Balaban J connectivity index is 2.30. The van der Waals surface area contributed by atoms with E-state index in [4.69, 9.17) is 0 Å². The molecule has 0 amide bonds. The molecule has 0 aromatic heterocycles. The number of esters is 1. The highest BCUT2D eigenvalue weighted by atomic mass is 16.5. The van der Waals surface area contributed by atoms with Crippen molar-refractivity contribution in [3.63, 3.8) is 0 Å². The van der Waals surface area contributed by atoms with Gasteiger partial charge in [-0.15, -0.1) is 0 Å². The minimum absolute atomic E-state index is 0.0231. The second-order valence-corrected chi connectivity index (χ2v) is 2.33. The fourth-order valence-electron chi connectivity index (χ4n) is 0.772. The number of ether oxygens (including phenoxy) is 1. The topological polar surface area (TPSA) is 48.2 Å². The summed E-state index contributed by atoms with van der Waals surface area (Å²) in [5, 5.41) is 3.05. The number of carbonyl (C=O) groups is 1. The molecule has 9 heavy (non-hydrogen) atoms. The van der Waals surface area contributed by atoms with Crippen LogP contribution in [0.1, 0.15) is 6.92 Å². The number of rotatable bonds is 2. The molecule has 0 aliphatic carbocycles. The van der Waals surface area contributed by atoms with Crippen LogP contribution in [-0.4, -0.2) is 25.7 Å². The van der Waals surface area contributed by atoms with E-state index in [0.717, 1.165) is 6.54 Å². The van der Waals surface area contributed by atoms with Crippen molar-refractivity contribution in [3.05, 3.63) is 0 Å². The maximum atomic E-state index is 10.7. The molecule has 1 aliphatic heterocycles. The van der Waals surface area contributed by atoms with Crippen molar-refractivity contribution in [2.45, 2.75) is 13.0 Å². The van der Waals surface area contributed by atoms with E-state index < -0.39 is 0 Å². The van der Waals surface area contributed by atoms with Gasteiger partial charge in [-0.05, 0) is 0 Å². The van der Waals surface area contributed by atoms with Crippen molar-refractivity contribution >= 4 is 5.97 Å². The van der Waals surface area contributed by atoms with Gasteiger partial charge in [-0.3, -0.25) is 4.79 Å². The van der Waals surface area contributed by atoms with Gasteiger partial charge in [0.25, 0.3) is 0 Å². The highest BCUT2D eigenvalue weighted by Crippen LogP contribution is 2.11. The Morgan fingerprint density at radius 1 is 1.89 bits per heavy atom. The van der Waals surface area contributed by atoms with Crippen LogP contribution in [0.5, 0.6) is 0 Å². The molecule has 0 aromatic rings. The van der Waals surface area contributed by atoms with Gasteiger partial charge in [0, 0.05) is 12.6 Å². The van der Waals surface area contributed by atoms with E-state index in [-0.39, 0.29) is 11.9 Å². The van der Waals surface area contributed by atoms with Crippen molar-refractivity contribution in [3.8, 4) is 0 Å². The summed E-state index contributed by atoms with van der Waals surface area (Å²) in [5.41, 5.74) is 0. The predicted octanol–water partition coefficient (Wildman–Crippen LogP) is -0.233. The van der Waals surface area contributed by atoms with E-state index in [9.17, 15) is 4.79 Å². The third-order valence-electron chi connectivity index (χ3n) is 1.62. The zero-order valence-corrected chi connectivity index (χ0v) is 5.68. The maximum Gasteiger partial charge on any atom is 0.310 e. The first-order valence-corrected chi connectivity index (χ1v) is 3.07. The second-order valence-electron chi connectivity index (χ2n) is 2.33. The van der Waals surface area contributed by atoms with Gasteiger partial charge in [0.1, 0.15) is 0 Å². The fraction of sp³-hybridized carbons (Fsp3) is 0.833. The molecule has 2 unspecified atom stereocenters. The molecular weight excluding hydrogens is 118 g/mol. The zero-order valence-electron chi connectivity index (χ0n) is 5.68. The molecule has 52 valence electrons. The first-order valence-electron chi connectivity index (χ1n) is 3.07. The SMILES string of the molecule is COC(=O)C(C)C1CN1. The first kappa shape index (κ1) is 6.55. The quantitative estimate of drug-likeness (QED) is 0.413. The molecule has 0 radical (unpaired) electrons. The van der Waals surface area contributed by atoms with Crippen molar-refractivity contribution in [1.29, 1.82) is 0 Å². The molecule has 3 heteroatoms. The summed E-state index contributed by atoms with van der Waals surface area (Å²) < 4.78 is 4.53. The molecule has 1 rings (SSSR count). The highest BCUT2D eigenvalue weighted by molar-refractivity contribution is 5.73. The van der Waals surface area contributed by atoms with E-state index in [2.05, 4.69) is 10.1 Å². The molecule has 1 aliphatic rings. The number of hydrogen-bond donors (Lipinski definition) is 1.